The zero-order chi connectivity index (χ0) is 16.3. The molecule has 0 saturated heterocycles. The Morgan fingerprint density at radius 3 is 2.32 bits per heavy atom. The molecule has 120 valence electrons. The average Bonchev–Trinajstić information content (AvgIpc) is 2.46. The highest BCUT2D eigenvalue weighted by atomic mass is 16.3. The third-order valence-corrected chi connectivity index (χ3v) is 4.41. The van der Waals surface area contributed by atoms with Crippen LogP contribution in [0.4, 0.5) is 0 Å². The molecular weight excluding hydrogens is 276 g/mol. The number of carbonyl (C=O) groups excluding carboxylic acids is 1. The lowest BCUT2D eigenvalue weighted by atomic mass is 9.72. The van der Waals surface area contributed by atoms with Gasteiger partial charge < -0.3 is 10.2 Å². The summed E-state index contributed by atoms with van der Waals surface area (Å²) in [5, 5.41) is 20.2. The number of rotatable bonds is 6. The SMILES string of the molecule is CCCCCCCC1=CC(C)(C)c2c(O)ccc(O)c2C1=O. The van der Waals surface area contributed by atoms with E-state index >= 15 is 0 Å². The van der Waals surface area contributed by atoms with E-state index in [1.807, 2.05) is 19.9 Å². The van der Waals surface area contributed by atoms with Crippen LogP contribution in [0.1, 0.15) is 75.2 Å². The molecule has 2 N–H and O–H groups in total. The van der Waals surface area contributed by atoms with Gasteiger partial charge in [-0.15, -0.1) is 0 Å². The van der Waals surface area contributed by atoms with Gasteiger partial charge in [-0.05, 0) is 30.5 Å². The number of Topliss-reactive ketones (excluding diaryl/α,β-unsaturated/α-hetero) is 1. The van der Waals surface area contributed by atoms with Gasteiger partial charge in [0.2, 0.25) is 0 Å². The molecule has 2 rings (SSSR count). The summed E-state index contributed by atoms with van der Waals surface area (Å²) in [6.07, 6.45) is 8.44. The van der Waals surface area contributed by atoms with Gasteiger partial charge in [0.25, 0.3) is 0 Å². The van der Waals surface area contributed by atoms with Gasteiger partial charge in [-0.2, -0.15) is 0 Å². The molecule has 0 spiro atoms. The largest absolute Gasteiger partial charge is 0.508 e. The summed E-state index contributed by atoms with van der Waals surface area (Å²) in [5.74, 6) is -0.106. The maximum absolute atomic E-state index is 12.7. The van der Waals surface area contributed by atoms with Crippen molar-refractivity contribution in [3.05, 3.63) is 34.9 Å². The van der Waals surface area contributed by atoms with Crippen LogP contribution < -0.4 is 0 Å². The van der Waals surface area contributed by atoms with E-state index in [9.17, 15) is 15.0 Å². The summed E-state index contributed by atoms with van der Waals surface area (Å²) < 4.78 is 0. The highest BCUT2D eigenvalue weighted by Gasteiger charge is 2.36. The molecule has 0 unspecified atom stereocenters. The summed E-state index contributed by atoms with van der Waals surface area (Å²) in [7, 11) is 0. The van der Waals surface area contributed by atoms with Crippen LogP contribution in [0.3, 0.4) is 0 Å². The lowest BCUT2D eigenvalue weighted by Crippen LogP contribution is -2.26. The molecular formula is C19H26O3. The fourth-order valence-electron chi connectivity index (χ4n) is 3.30. The lowest BCUT2D eigenvalue weighted by molar-refractivity contribution is 0.102. The fraction of sp³-hybridized carbons (Fsp3) is 0.526. The average molecular weight is 302 g/mol. The van der Waals surface area contributed by atoms with Crippen LogP contribution in [0.15, 0.2) is 23.8 Å². The molecule has 0 aromatic heterocycles. The number of aromatic hydroxyl groups is 2. The highest BCUT2D eigenvalue weighted by molar-refractivity contribution is 6.13. The Kier molecular flexibility index (Phi) is 4.94. The number of unbranched alkanes of at least 4 members (excludes halogenated alkanes) is 4. The number of allylic oxidation sites excluding steroid dienone is 2. The standard InChI is InChI=1S/C19H26O3/c1-4-5-6-7-8-9-13-12-19(2,3)17-15(21)11-10-14(20)16(17)18(13)22/h10-12,20-21H,4-9H2,1-3H3. The monoisotopic (exact) mass is 302 g/mol. The fourth-order valence-corrected chi connectivity index (χ4v) is 3.30. The zero-order valence-electron chi connectivity index (χ0n) is 13.8. The Bertz CT molecular complexity index is 597. The van der Waals surface area contributed by atoms with Crippen molar-refractivity contribution < 1.29 is 15.0 Å². The predicted octanol–water partition coefficient (Wildman–Crippen LogP) is 4.86. The number of benzene rings is 1. The van der Waals surface area contributed by atoms with E-state index in [2.05, 4.69) is 6.92 Å². The molecule has 0 radical (unpaired) electrons. The molecule has 22 heavy (non-hydrogen) atoms. The molecule has 3 heteroatoms. The van der Waals surface area contributed by atoms with Crippen molar-refractivity contribution in [1.82, 2.24) is 0 Å². The molecule has 0 heterocycles. The number of phenols is 2. The van der Waals surface area contributed by atoms with E-state index < -0.39 is 5.41 Å². The number of phenolic OH excluding ortho intramolecular Hbond substituents is 2. The Labute approximate surface area is 132 Å². The molecule has 0 saturated carbocycles. The highest BCUT2D eigenvalue weighted by Crippen LogP contribution is 2.44. The minimum absolute atomic E-state index is 0.0394. The minimum atomic E-state index is -0.454. The van der Waals surface area contributed by atoms with Crippen molar-refractivity contribution in [2.45, 2.75) is 64.7 Å². The summed E-state index contributed by atoms with van der Waals surface area (Å²) in [6.45, 7) is 6.12. The molecule has 0 amide bonds. The molecule has 1 aliphatic rings. The van der Waals surface area contributed by atoms with Crippen LogP contribution >= 0.6 is 0 Å². The predicted molar refractivity (Wildman–Crippen MR) is 88.6 cm³/mol. The van der Waals surface area contributed by atoms with E-state index in [0.717, 1.165) is 24.8 Å². The first kappa shape index (κ1) is 16.6. The number of carbonyl (C=O) groups is 1. The van der Waals surface area contributed by atoms with E-state index in [1.54, 1.807) is 0 Å². The van der Waals surface area contributed by atoms with Crippen LogP contribution in [-0.2, 0) is 5.41 Å². The van der Waals surface area contributed by atoms with E-state index in [-0.39, 0.29) is 22.8 Å². The first-order chi connectivity index (χ1) is 10.4. The van der Waals surface area contributed by atoms with Crippen molar-refractivity contribution in [1.29, 1.82) is 0 Å². The summed E-state index contributed by atoms with van der Waals surface area (Å²) >= 11 is 0. The maximum atomic E-state index is 12.7. The molecule has 1 aliphatic carbocycles. The van der Waals surface area contributed by atoms with E-state index in [4.69, 9.17) is 0 Å². The van der Waals surface area contributed by atoms with Crippen molar-refractivity contribution in [2.75, 3.05) is 0 Å². The van der Waals surface area contributed by atoms with Crippen LogP contribution in [0.5, 0.6) is 11.5 Å². The number of fused-ring (bicyclic) bond motifs is 1. The van der Waals surface area contributed by atoms with Gasteiger partial charge in [-0.25, -0.2) is 0 Å². The van der Waals surface area contributed by atoms with E-state index in [0.29, 0.717) is 5.56 Å². The Morgan fingerprint density at radius 2 is 1.64 bits per heavy atom. The number of hydrogen-bond donors (Lipinski definition) is 2. The Morgan fingerprint density at radius 1 is 1.00 bits per heavy atom. The van der Waals surface area contributed by atoms with Gasteiger partial charge in [-0.3, -0.25) is 4.79 Å². The Hall–Kier alpha value is -1.77. The third-order valence-electron chi connectivity index (χ3n) is 4.41. The topological polar surface area (TPSA) is 57.5 Å². The normalized spacial score (nSPS) is 16.3. The van der Waals surface area contributed by atoms with Gasteiger partial charge in [0, 0.05) is 11.0 Å². The third kappa shape index (κ3) is 3.18. The second-order valence-corrected chi connectivity index (χ2v) is 6.74. The number of ketones is 1. The molecule has 0 fully saturated rings. The zero-order valence-corrected chi connectivity index (χ0v) is 13.8. The van der Waals surface area contributed by atoms with Crippen LogP contribution in [0.25, 0.3) is 0 Å². The minimum Gasteiger partial charge on any atom is -0.508 e. The molecule has 0 bridgehead atoms. The van der Waals surface area contributed by atoms with Crippen molar-refractivity contribution in [3.63, 3.8) is 0 Å². The van der Waals surface area contributed by atoms with Crippen LogP contribution in [-0.4, -0.2) is 16.0 Å². The maximum Gasteiger partial charge on any atom is 0.192 e. The quantitative estimate of drug-likeness (QED) is 0.583. The summed E-state index contributed by atoms with van der Waals surface area (Å²) in [6, 6.07) is 2.85. The van der Waals surface area contributed by atoms with Gasteiger partial charge in [0.15, 0.2) is 5.78 Å². The second kappa shape index (κ2) is 6.55. The smallest absolute Gasteiger partial charge is 0.192 e. The molecule has 1 aromatic rings. The van der Waals surface area contributed by atoms with Crippen molar-refractivity contribution in [2.24, 2.45) is 0 Å². The van der Waals surface area contributed by atoms with Crippen LogP contribution in [0.2, 0.25) is 0 Å². The van der Waals surface area contributed by atoms with Crippen LogP contribution in [0, 0.1) is 0 Å². The van der Waals surface area contributed by atoms with Gasteiger partial charge in [0.05, 0.1) is 5.56 Å². The summed E-state index contributed by atoms with van der Waals surface area (Å²) in [4.78, 5) is 12.7. The molecule has 1 aromatic carbocycles. The first-order valence-corrected chi connectivity index (χ1v) is 8.20. The summed E-state index contributed by atoms with van der Waals surface area (Å²) in [5.41, 5.74) is 1.11. The molecule has 0 aliphatic heterocycles. The van der Waals surface area contributed by atoms with Gasteiger partial charge in [0.1, 0.15) is 11.5 Å². The van der Waals surface area contributed by atoms with Crippen molar-refractivity contribution in [3.8, 4) is 11.5 Å². The Balaban J connectivity index is 2.24. The van der Waals surface area contributed by atoms with E-state index in [1.165, 1.54) is 31.4 Å². The lowest BCUT2D eigenvalue weighted by Gasteiger charge is -2.31. The second-order valence-electron chi connectivity index (χ2n) is 6.74. The van der Waals surface area contributed by atoms with Crippen molar-refractivity contribution >= 4 is 5.78 Å². The van der Waals surface area contributed by atoms with Gasteiger partial charge >= 0.3 is 0 Å². The first-order valence-electron chi connectivity index (χ1n) is 8.20. The molecule has 3 nitrogen and oxygen atoms in total. The number of hydrogen-bond acceptors (Lipinski definition) is 3. The van der Waals surface area contributed by atoms with Gasteiger partial charge in [-0.1, -0.05) is 52.5 Å². The molecule has 0 atom stereocenters.